The molecule has 198 valence electrons. The number of carbonyl (C=O) groups excluding carboxylic acids is 1. The zero-order chi connectivity index (χ0) is 27.8. The number of rotatable bonds is 6. The van der Waals surface area contributed by atoms with Gasteiger partial charge in [-0.25, -0.2) is 9.18 Å². The first-order valence-corrected chi connectivity index (χ1v) is 11.7. The van der Waals surface area contributed by atoms with Crippen molar-refractivity contribution in [2.45, 2.75) is 12.8 Å². The molecule has 0 amide bonds. The third-order valence-corrected chi connectivity index (χ3v) is 6.51. The van der Waals surface area contributed by atoms with Crippen LogP contribution in [0.4, 0.5) is 4.39 Å². The van der Waals surface area contributed by atoms with Crippen LogP contribution in [0.25, 0.3) is 11.0 Å². The Labute approximate surface area is 222 Å². The van der Waals surface area contributed by atoms with Crippen LogP contribution in [0.2, 0.25) is 0 Å². The van der Waals surface area contributed by atoms with Crippen molar-refractivity contribution in [2.24, 2.45) is 5.73 Å². The number of benzene rings is 3. The van der Waals surface area contributed by atoms with Gasteiger partial charge in [0.2, 0.25) is 17.4 Å². The van der Waals surface area contributed by atoms with Crippen LogP contribution in [0.15, 0.2) is 64.4 Å². The highest BCUT2D eigenvalue weighted by Gasteiger charge is 2.33. The summed E-state index contributed by atoms with van der Waals surface area (Å²) >= 11 is 0. The number of esters is 1. The molecule has 10 heteroatoms. The molecule has 0 bridgehead atoms. The summed E-state index contributed by atoms with van der Waals surface area (Å²) in [5.41, 5.74) is 8.39. The molecule has 1 aromatic heterocycles. The third-order valence-electron chi connectivity index (χ3n) is 6.51. The van der Waals surface area contributed by atoms with Crippen LogP contribution in [-0.2, 0) is 0 Å². The predicted octanol–water partition coefficient (Wildman–Crippen LogP) is 5.34. The van der Waals surface area contributed by atoms with Gasteiger partial charge in [-0.3, -0.25) is 0 Å². The van der Waals surface area contributed by atoms with E-state index < -0.39 is 17.7 Å². The molecular formula is C29H23FN2O7. The first kappa shape index (κ1) is 25.5. The second kappa shape index (κ2) is 9.95. The molecule has 0 saturated carbocycles. The Balaban J connectivity index is 1.53. The topological polar surface area (TPSA) is 126 Å². The minimum Gasteiger partial charge on any atom is -0.493 e. The van der Waals surface area contributed by atoms with Crippen LogP contribution in [0, 0.1) is 24.1 Å². The lowest BCUT2D eigenvalue weighted by Gasteiger charge is -2.27. The monoisotopic (exact) mass is 530 g/mol. The molecule has 5 rings (SSSR count). The minimum absolute atomic E-state index is 0.0456. The van der Waals surface area contributed by atoms with E-state index in [0.717, 1.165) is 0 Å². The van der Waals surface area contributed by atoms with E-state index in [9.17, 15) is 14.4 Å². The van der Waals surface area contributed by atoms with Crippen molar-refractivity contribution in [3.05, 3.63) is 88.3 Å². The van der Waals surface area contributed by atoms with Gasteiger partial charge < -0.3 is 33.8 Å². The average molecular weight is 531 g/mol. The standard InChI is InChI=1S/C29H23FN2O7/c1-14-19-11-16(30)5-8-21(19)38-26(14)29(33)37-17-6-7-18-22(12-17)39-28(32)20(13-31)25(18)15-9-23(34-2)27(36-4)24(10-15)35-3/h5-12,25H,32H2,1-4H3. The Kier molecular flexibility index (Phi) is 6.50. The van der Waals surface area contributed by atoms with Crippen LogP contribution >= 0.6 is 0 Å². The number of nitriles is 1. The summed E-state index contributed by atoms with van der Waals surface area (Å²) in [6.45, 7) is 1.65. The summed E-state index contributed by atoms with van der Waals surface area (Å²) in [6.07, 6.45) is 0. The zero-order valence-electron chi connectivity index (χ0n) is 21.5. The van der Waals surface area contributed by atoms with Crippen LogP contribution < -0.4 is 29.4 Å². The highest BCUT2D eigenvalue weighted by atomic mass is 19.1. The van der Waals surface area contributed by atoms with Gasteiger partial charge in [0.25, 0.3) is 0 Å². The summed E-state index contributed by atoms with van der Waals surface area (Å²) in [5, 5.41) is 10.4. The zero-order valence-corrected chi connectivity index (χ0v) is 21.5. The van der Waals surface area contributed by atoms with Gasteiger partial charge in [0, 0.05) is 22.6 Å². The fourth-order valence-corrected chi connectivity index (χ4v) is 4.65. The van der Waals surface area contributed by atoms with Crippen molar-refractivity contribution < 1.29 is 37.3 Å². The summed E-state index contributed by atoms with van der Waals surface area (Å²) < 4.78 is 47.0. The van der Waals surface area contributed by atoms with E-state index >= 15 is 0 Å². The van der Waals surface area contributed by atoms with Gasteiger partial charge in [-0.15, -0.1) is 0 Å². The van der Waals surface area contributed by atoms with E-state index in [2.05, 4.69) is 6.07 Å². The number of ether oxygens (including phenoxy) is 5. The quantitative estimate of drug-likeness (QED) is 0.259. The van der Waals surface area contributed by atoms with E-state index in [-0.39, 0.29) is 23.0 Å². The molecule has 2 N–H and O–H groups in total. The second-order valence-electron chi connectivity index (χ2n) is 8.67. The maximum Gasteiger partial charge on any atom is 0.379 e. The first-order valence-electron chi connectivity index (χ1n) is 11.7. The molecule has 0 fully saturated rings. The lowest BCUT2D eigenvalue weighted by molar-refractivity contribution is 0.0702. The molecule has 1 unspecified atom stereocenters. The number of hydrogen-bond acceptors (Lipinski definition) is 9. The lowest BCUT2D eigenvalue weighted by Crippen LogP contribution is -2.21. The summed E-state index contributed by atoms with van der Waals surface area (Å²) in [7, 11) is 4.49. The Morgan fingerprint density at radius 3 is 2.38 bits per heavy atom. The van der Waals surface area contributed by atoms with Crippen molar-refractivity contribution >= 4 is 16.9 Å². The van der Waals surface area contributed by atoms with E-state index in [0.29, 0.717) is 50.7 Å². The van der Waals surface area contributed by atoms with Crippen LogP contribution in [0.1, 0.15) is 33.2 Å². The number of carbonyl (C=O) groups is 1. The van der Waals surface area contributed by atoms with Gasteiger partial charge in [-0.05, 0) is 48.9 Å². The maximum atomic E-state index is 13.7. The summed E-state index contributed by atoms with van der Waals surface area (Å²) in [6, 6.07) is 14.3. The molecule has 0 radical (unpaired) electrons. The molecule has 1 atom stereocenters. The molecule has 39 heavy (non-hydrogen) atoms. The smallest absolute Gasteiger partial charge is 0.379 e. The Bertz CT molecular complexity index is 1680. The molecule has 0 saturated heterocycles. The molecule has 4 aromatic rings. The van der Waals surface area contributed by atoms with Gasteiger partial charge >= 0.3 is 5.97 Å². The Hall–Kier alpha value is -5.17. The highest BCUT2D eigenvalue weighted by molar-refractivity contribution is 5.96. The number of aryl methyl sites for hydroxylation is 1. The maximum absolute atomic E-state index is 13.7. The van der Waals surface area contributed by atoms with Gasteiger partial charge in [0.1, 0.15) is 34.5 Å². The average Bonchev–Trinajstić information content (AvgIpc) is 3.26. The van der Waals surface area contributed by atoms with Crippen molar-refractivity contribution in [3.8, 4) is 34.8 Å². The predicted molar refractivity (Wildman–Crippen MR) is 138 cm³/mol. The number of fused-ring (bicyclic) bond motifs is 2. The lowest BCUT2D eigenvalue weighted by atomic mass is 9.83. The highest BCUT2D eigenvalue weighted by Crippen LogP contribution is 2.47. The van der Waals surface area contributed by atoms with E-state index in [1.165, 1.54) is 45.6 Å². The molecule has 3 aromatic carbocycles. The molecule has 1 aliphatic rings. The van der Waals surface area contributed by atoms with Crippen LogP contribution in [0.3, 0.4) is 0 Å². The van der Waals surface area contributed by atoms with E-state index in [4.69, 9.17) is 33.8 Å². The van der Waals surface area contributed by atoms with E-state index in [1.54, 1.807) is 31.2 Å². The van der Waals surface area contributed by atoms with Crippen molar-refractivity contribution in [2.75, 3.05) is 21.3 Å². The summed E-state index contributed by atoms with van der Waals surface area (Å²) in [5.74, 6) is -0.324. The molecule has 1 aliphatic heterocycles. The number of hydrogen-bond donors (Lipinski definition) is 1. The number of halogens is 1. The Morgan fingerprint density at radius 1 is 1.03 bits per heavy atom. The van der Waals surface area contributed by atoms with Gasteiger partial charge in [-0.1, -0.05) is 6.07 Å². The van der Waals surface area contributed by atoms with Crippen molar-refractivity contribution in [3.63, 3.8) is 0 Å². The number of allylic oxidation sites excluding steroid dienone is 1. The number of nitrogens with two attached hydrogens (primary N) is 1. The van der Waals surface area contributed by atoms with Crippen LogP contribution in [-0.4, -0.2) is 27.3 Å². The fraction of sp³-hybridized carbons (Fsp3) is 0.172. The summed E-state index contributed by atoms with van der Waals surface area (Å²) in [4.78, 5) is 12.9. The first-order chi connectivity index (χ1) is 18.8. The Morgan fingerprint density at radius 2 is 1.74 bits per heavy atom. The van der Waals surface area contributed by atoms with Gasteiger partial charge in [0.05, 0.1) is 27.2 Å². The van der Waals surface area contributed by atoms with Gasteiger partial charge in [-0.2, -0.15) is 5.26 Å². The molecule has 2 heterocycles. The molecule has 9 nitrogen and oxygen atoms in total. The van der Waals surface area contributed by atoms with Crippen molar-refractivity contribution in [1.29, 1.82) is 5.26 Å². The second-order valence-corrected chi connectivity index (χ2v) is 8.67. The minimum atomic E-state index is -0.762. The fourth-order valence-electron chi connectivity index (χ4n) is 4.65. The normalized spacial score (nSPS) is 14.3. The number of nitrogens with zero attached hydrogens (tertiary/aromatic N) is 1. The molecule has 0 aliphatic carbocycles. The van der Waals surface area contributed by atoms with Crippen LogP contribution in [0.5, 0.6) is 28.7 Å². The molecular weight excluding hydrogens is 507 g/mol. The number of furan rings is 1. The molecule has 0 spiro atoms. The SMILES string of the molecule is COc1cc(C2C(C#N)=C(N)Oc3cc(OC(=O)c4oc5ccc(F)cc5c4C)ccc32)cc(OC)c1OC. The number of methoxy groups -OCH3 is 3. The van der Waals surface area contributed by atoms with Gasteiger partial charge in [0.15, 0.2) is 11.5 Å². The van der Waals surface area contributed by atoms with Crippen molar-refractivity contribution in [1.82, 2.24) is 0 Å². The third kappa shape index (κ3) is 4.34. The largest absolute Gasteiger partial charge is 0.493 e. The van der Waals surface area contributed by atoms with E-state index in [1.807, 2.05) is 0 Å².